The highest BCUT2D eigenvalue weighted by molar-refractivity contribution is 5.80. The van der Waals surface area contributed by atoms with E-state index in [4.69, 9.17) is 0 Å². The van der Waals surface area contributed by atoms with Crippen LogP contribution in [0.2, 0.25) is 0 Å². The molecular formula is C13H25N3O3. The van der Waals surface area contributed by atoms with Gasteiger partial charge in [0.1, 0.15) is 0 Å². The average molecular weight is 271 g/mol. The summed E-state index contributed by atoms with van der Waals surface area (Å²) in [5.74, 6) is -0.922. The fraction of sp³-hybridized carbons (Fsp3) is 0.846. The first-order chi connectivity index (χ1) is 9.04. The second-order valence-electron chi connectivity index (χ2n) is 5.10. The Hall–Kier alpha value is -1.14. The van der Waals surface area contributed by atoms with Crippen molar-refractivity contribution in [3.8, 4) is 0 Å². The van der Waals surface area contributed by atoms with Gasteiger partial charge in [-0.15, -0.1) is 0 Å². The first kappa shape index (κ1) is 15.9. The predicted molar refractivity (Wildman–Crippen MR) is 73.0 cm³/mol. The van der Waals surface area contributed by atoms with E-state index in [0.717, 1.165) is 26.2 Å². The lowest BCUT2D eigenvalue weighted by molar-refractivity contribution is -0.149. The zero-order valence-corrected chi connectivity index (χ0v) is 11.9. The van der Waals surface area contributed by atoms with Gasteiger partial charge in [0.15, 0.2) is 0 Å². The number of hydrogen-bond donors (Lipinski definition) is 3. The van der Waals surface area contributed by atoms with Gasteiger partial charge in [0, 0.05) is 32.7 Å². The number of nitrogens with zero attached hydrogens (tertiary/aromatic N) is 1. The number of hydrogen-bond acceptors (Lipinski definition) is 4. The van der Waals surface area contributed by atoms with Crippen LogP contribution in [0.3, 0.4) is 0 Å². The van der Waals surface area contributed by atoms with E-state index in [1.54, 1.807) is 0 Å². The number of piperazine rings is 1. The van der Waals surface area contributed by atoms with Gasteiger partial charge in [-0.25, -0.2) is 0 Å². The molecule has 1 rings (SSSR count). The molecule has 19 heavy (non-hydrogen) atoms. The maximum Gasteiger partial charge on any atom is 0.311 e. The second kappa shape index (κ2) is 7.45. The minimum atomic E-state index is -0.834. The smallest absolute Gasteiger partial charge is 0.311 e. The van der Waals surface area contributed by atoms with Crippen molar-refractivity contribution in [1.29, 1.82) is 0 Å². The van der Waals surface area contributed by atoms with Gasteiger partial charge >= 0.3 is 5.97 Å². The Morgan fingerprint density at radius 2 is 1.84 bits per heavy atom. The summed E-state index contributed by atoms with van der Waals surface area (Å²) < 4.78 is 0. The van der Waals surface area contributed by atoms with Crippen LogP contribution in [0.5, 0.6) is 0 Å². The van der Waals surface area contributed by atoms with Gasteiger partial charge in [0.2, 0.25) is 5.91 Å². The third kappa shape index (κ3) is 4.47. The molecule has 6 heteroatoms. The predicted octanol–water partition coefficient (Wildman–Crippen LogP) is -0.101. The fourth-order valence-corrected chi connectivity index (χ4v) is 2.27. The van der Waals surface area contributed by atoms with E-state index in [1.807, 2.05) is 13.8 Å². The van der Waals surface area contributed by atoms with E-state index in [-0.39, 0.29) is 12.5 Å². The number of carbonyl (C=O) groups is 2. The van der Waals surface area contributed by atoms with Crippen molar-refractivity contribution in [2.24, 2.45) is 5.41 Å². The van der Waals surface area contributed by atoms with Gasteiger partial charge in [-0.2, -0.15) is 0 Å². The van der Waals surface area contributed by atoms with Gasteiger partial charge in [-0.05, 0) is 12.8 Å². The molecule has 0 atom stereocenters. The standard InChI is InChI=1S/C13H25N3O3/c1-3-13(4-2,12(18)19)10-15-11(17)9-16-7-5-14-6-8-16/h14H,3-10H2,1-2H3,(H,15,17)(H,18,19). The van der Waals surface area contributed by atoms with Crippen LogP contribution in [0.25, 0.3) is 0 Å². The first-order valence-electron chi connectivity index (χ1n) is 6.97. The van der Waals surface area contributed by atoms with Crippen LogP contribution in [0, 0.1) is 5.41 Å². The highest BCUT2D eigenvalue weighted by atomic mass is 16.4. The molecular weight excluding hydrogens is 246 g/mol. The monoisotopic (exact) mass is 271 g/mol. The van der Waals surface area contributed by atoms with E-state index >= 15 is 0 Å². The van der Waals surface area contributed by atoms with Crippen molar-refractivity contribution in [2.75, 3.05) is 39.3 Å². The Bertz CT molecular complexity index is 310. The number of carbonyl (C=O) groups excluding carboxylic acids is 1. The number of rotatable bonds is 7. The van der Waals surface area contributed by atoms with E-state index < -0.39 is 11.4 Å². The summed E-state index contributed by atoms with van der Waals surface area (Å²) in [6.45, 7) is 7.77. The highest BCUT2D eigenvalue weighted by Gasteiger charge is 2.35. The van der Waals surface area contributed by atoms with E-state index in [1.165, 1.54) is 0 Å². The van der Waals surface area contributed by atoms with Crippen LogP contribution >= 0.6 is 0 Å². The Morgan fingerprint density at radius 3 is 2.32 bits per heavy atom. The number of amides is 1. The summed E-state index contributed by atoms with van der Waals surface area (Å²) in [7, 11) is 0. The first-order valence-corrected chi connectivity index (χ1v) is 6.97. The molecule has 1 amide bonds. The SMILES string of the molecule is CCC(CC)(CNC(=O)CN1CCNCC1)C(=O)O. The number of aliphatic carboxylic acids is 1. The summed E-state index contributed by atoms with van der Waals surface area (Å²) >= 11 is 0. The molecule has 1 aliphatic heterocycles. The van der Waals surface area contributed by atoms with Gasteiger partial charge in [0.05, 0.1) is 12.0 Å². The van der Waals surface area contributed by atoms with Crippen LogP contribution in [0.1, 0.15) is 26.7 Å². The Morgan fingerprint density at radius 1 is 1.26 bits per heavy atom. The molecule has 0 bridgehead atoms. The summed E-state index contributed by atoms with van der Waals surface area (Å²) in [5.41, 5.74) is -0.834. The number of carboxylic acids is 1. The molecule has 110 valence electrons. The summed E-state index contributed by atoms with van der Waals surface area (Å²) in [5, 5.41) is 15.3. The van der Waals surface area contributed by atoms with Crippen LogP contribution in [-0.4, -0.2) is 61.2 Å². The van der Waals surface area contributed by atoms with Crippen LogP contribution in [-0.2, 0) is 9.59 Å². The molecule has 1 saturated heterocycles. The van der Waals surface area contributed by atoms with Gasteiger partial charge in [-0.3, -0.25) is 14.5 Å². The molecule has 1 aliphatic rings. The Balaban J connectivity index is 2.41. The lowest BCUT2D eigenvalue weighted by atomic mass is 9.82. The average Bonchev–Trinajstić information content (AvgIpc) is 2.41. The normalized spacial score (nSPS) is 17.2. The largest absolute Gasteiger partial charge is 0.481 e. The third-order valence-electron chi connectivity index (χ3n) is 4.01. The minimum Gasteiger partial charge on any atom is -0.481 e. The van der Waals surface area contributed by atoms with Crippen molar-refractivity contribution in [1.82, 2.24) is 15.5 Å². The quantitative estimate of drug-likeness (QED) is 0.602. The number of carboxylic acid groups (broad SMARTS) is 1. The maximum atomic E-state index is 11.8. The van der Waals surface area contributed by atoms with E-state index in [9.17, 15) is 14.7 Å². The van der Waals surface area contributed by atoms with E-state index in [0.29, 0.717) is 19.4 Å². The van der Waals surface area contributed by atoms with Gasteiger partial charge in [-0.1, -0.05) is 13.8 Å². The molecule has 0 spiro atoms. The minimum absolute atomic E-state index is 0.0885. The molecule has 0 aromatic heterocycles. The summed E-state index contributed by atoms with van der Waals surface area (Å²) in [4.78, 5) is 25.2. The molecule has 0 aliphatic carbocycles. The zero-order valence-electron chi connectivity index (χ0n) is 11.9. The van der Waals surface area contributed by atoms with Crippen molar-refractivity contribution < 1.29 is 14.7 Å². The topological polar surface area (TPSA) is 81.7 Å². The second-order valence-corrected chi connectivity index (χ2v) is 5.10. The number of nitrogens with one attached hydrogen (secondary N) is 2. The summed E-state index contributed by atoms with van der Waals surface area (Å²) in [6, 6.07) is 0. The zero-order chi connectivity index (χ0) is 14.3. The molecule has 0 aromatic carbocycles. The Kier molecular flexibility index (Phi) is 6.24. The fourth-order valence-electron chi connectivity index (χ4n) is 2.27. The molecule has 6 nitrogen and oxygen atoms in total. The molecule has 0 radical (unpaired) electrons. The van der Waals surface area contributed by atoms with Crippen molar-refractivity contribution >= 4 is 11.9 Å². The molecule has 0 saturated carbocycles. The van der Waals surface area contributed by atoms with Crippen molar-refractivity contribution in [2.45, 2.75) is 26.7 Å². The molecule has 0 aromatic rings. The molecule has 0 unspecified atom stereocenters. The maximum absolute atomic E-state index is 11.8. The lowest BCUT2D eigenvalue weighted by Crippen LogP contribution is -2.49. The van der Waals surface area contributed by atoms with Crippen molar-refractivity contribution in [3.63, 3.8) is 0 Å². The van der Waals surface area contributed by atoms with Crippen molar-refractivity contribution in [3.05, 3.63) is 0 Å². The van der Waals surface area contributed by atoms with Crippen LogP contribution < -0.4 is 10.6 Å². The summed E-state index contributed by atoms with van der Waals surface area (Å²) in [6.07, 6.45) is 1.04. The van der Waals surface area contributed by atoms with E-state index in [2.05, 4.69) is 15.5 Å². The van der Waals surface area contributed by atoms with Gasteiger partial charge in [0.25, 0.3) is 0 Å². The highest BCUT2D eigenvalue weighted by Crippen LogP contribution is 2.25. The Labute approximate surface area is 114 Å². The molecule has 3 N–H and O–H groups in total. The van der Waals surface area contributed by atoms with Crippen LogP contribution in [0.4, 0.5) is 0 Å². The third-order valence-corrected chi connectivity index (χ3v) is 4.01. The lowest BCUT2D eigenvalue weighted by Gasteiger charge is -2.29. The van der Waals surface area contributed by atoms with Crippen LogP contribution in [0.15, 0.2) is 0 Å². The molecule has 1 heterocycles. The molecule has 1 fully saturated rings. The van der Waals surface area contributed by atoms with Gasteiger partial charge < -0.3 is 15.7 Å².